The first-order chi connectivity index (χ1) is 10.2. The van der Waals surface area contributed by atoms with Crippen LogP contribution in [-0.2, 0) is 11.2 Å². The summed E-state index contributed by atoms with van der Waals surface area (Å²) in [5, 5.41) is 13.0. The fraction of sp³-hybridized carbons (Fsp3) is 0.562. The number of carbonyl (C=O) groups excluding carboxylic acids is 1. The van der Waals surface area contributed by atoms with Gasteiger partial charge in [-0.05, 0) is 43.4 Å². The average molecular weight is 325 g/mol. The maximum atomic E-state index is 11.7. The predicted molar refractivity (Wildman–Crippen MR) is 91.7 cm³/mol. The fourth-order valence-corrected chi connectivity index (χ4v) is 5.35. The summed E-state index contributed by atoms with van der Waals surface area (Å²) >= 11 is 0. The van der Waals surface area contributed by atoms with Crippen molar-refractivity contribution in [3.63, 3.8) is 0 Å². The van der Waals surface area contributed by atoms with E-state index in [-0.39, 0.29) is 11.7 Å². The molecule has 0 bridgehead atoms. The zero-order valence-corrected chi connectivity index (χ0v) is 13.8. The van der Waals surface area contributed by atoms with Crippen molar-refractivity contribution in [1.82, 2.24) is 5.32 Å². The highest BCUT2D eigenvalue weighted by molar-refractivity contribution is 8.77. The van der Waals surface area contributed by atoms with Gasteiger partial charge in [0.1, 0.15) is 5.75 Å². The molecule has 0 aromatic heterocycles. The molecule has 21 heavy (non-hydrogen) atoms. The van der Waals surface area contributed by atoms with E-state index in [0.717, 1.165) is 30.1 Å². The van der Waals surface area contributed by atoms with Gasteiger partial charge in [-0.2, -0.15) is 0 Å². The lowest BCUT2D eigenvalue weighted by atomic mass is 10.1. The molecule has 3 nitrogen and oxygen atoms in total. The summed E-state index contributed by atoms with van der Waals surface area (Å²) in [6.07, 6.45) is 6.17. The number of unbranched alkanes of at least 4 members (excludes halogenated alkanes) is 1. The van der Waals surface area contributed by atoms with Gasteiger partial charge in [-0.3, -0.25) is 4.79 Å². The minimum Gasteiger partial charge on any atom is -0.508 e. The van der Waals surface area contributed by atoms with Crippen molar-refractivity contribution in [2.24, 2.45) is 0 Å². The third-order valence-electron chi connectivity index (χ3n) is 3.58. The van der Waals surface area contributed by atoms with Crippen LogP contribution >= 0.6 is 21.6 Å². The Balaban J connectivity index is 1.50. The summed E-state index contributed by atoms with van der Waals surface area (Å²) in [5.41, 5.74) is 1.13. The molecule has 1 atom stereocenters. The zero-order valence-electron chi connectivity index (χ0n) is 12.2. The van der Waals surface area contributed by atoms with Gasteiger partial charge in [-0.1, -0.05) is 40.1 Å². The number of benzene rings is 1. The van der Waals surface area contributed by atoms with Crippen LogP contribution in [0.4, 0.5) is 0 Å². The van der Waals surface area contributed by atoms with Crippen LogP contribution in [0.5, 0.6) is 5.75 Å². The third-order valence-corrected chi connectivity index (χ3v) is 6.59. The molecule has 0 spiro atoms. The Morgan fingerprint density at radius 1 is 1.29 bits per heavy atom. The van der Waals surface area contributed by atoms with Gasteiger partial charge < -0.3 is 10.4 Å². The number of nitrogens with one attached hydrogen (secondary N) is 1. The molecular formula is C16H23NO2S2. The predicted octanol–water partition coefficient (Wildman–Crippen LogP) is 3.77. The number of carbonyl (C=O) groups is 1. The van der Waals surface area contributed by atoms with Crippen molar-refractivity contribution in [1.29, 1.82) is 0 Å². The summed E-state index contributed by atoms with van der Waals surface area (Å²) in [7, 11) is 3.99. The Hall–Kier alpha value is -0.810. The second-order valence-electron chi connectivity index (χ2n) is 5.34. The second kappa shape index (κ2) is 9.26. The topological polar surface area (TPSA) is 49.3 Å². The third kappa shape index (κ3) is 6.66. The second-order valence-corrected chi connectivity index (χ2v) is 8.13. The molecule has 0 radical (unpaired) electrons. The fourth-order valence-electron chi connectivity index (χ4n) is 2.32. The van der Waals surface area contributed by atoms with Crippen LogP contribution in [0.1, 0.15) is 37.7 Å². The van der Waals surface area contributed by atoms with Gasteiger partial charge in [0.2, 0.25) is 5.91 Å². The molecule has 116 valence electrons. The van der Waals surface area contributed by atoms with Gasteiger partial charge >= 0.3 is 0 Å². The Kier molecular flexibility index (Phi) is 7.30. The highest BCUT2D eigenvalue weighted by Crippen LogP contribution is 2.39. The lowest BCUT2D eigenvalue weighted by Crippen LogP contribution is -2.25. The molecule has 1 aliphatic heterocycles. The highest BCUT2D eigenvalue weighted by atomic mass is 33.1. The van der Waals surface area contributed by atoms with Crippen LogP contribution in [-0.4, -0.2) is 28.6 Å². The lowest BCUT2D eigenvalue weighted by molar-refractivity contribution is -0.121. The smallest absolute Gasteiger partial charge is 0.220 e. The number of amides is 1. The van der Waals surface area contributed by atoms with E-state index in [1.807, 2.05) is 33.7 Å². The van der Waals surface area contributed by atoms with Crippen LogP contribution in [0, 0.1) is 0 Å². The van der Waals surface area contributed by atoms with Gasteiger partial charge in [-0.25, -0.2) is 0 Å². The molecule has 1 saturated heterocycles. The van der Waals surface area contributed by atoms with E-state index in [1.165, 1.54) is 18.6 Å². The van der Waals surface area contributed by atoms with Crippen molar-refractivity contribution >= 4 is 27.5 Å². The lowest BCUT2D eigenvalue weighted by Gasteiger charge is -2.07. The quantitative estimate of drug-likeness (QED) is 0.564. The van der Waals surface area contributed by atoms with Gasteiger partial charge in [0.25, 0.3) is 0 Å². The van der Waals surface area contributed by atoms with E-state index in [0.29, 0.717) is 13.0 Å². The monoisotopic (exact) mass is 325 g/mol. The minimum atomic E-state index is 0.155. The Morgan fingerprint density at radius 3 is 2.81 bits per heavy atom. The summed E-state index contributed by atoms with van der Waals surface area (Å²) in [4.78, 5) is 11.7. The van der Waals surface area contributed by atoms with Crippen LogP contribution in [0.3, 0.4) is 0 Å². The van der Waals surface area contributed by atoms with Gasteiger partial charge in [0, 0.05) is 24.0 Å². The zero-order chi connectivity index (χ0) is 14.9. The summed E-state index contributed by atoms with van der Waals surface area (Å²) in [6.45, 7) is 0.665. The first-order valence-corrected chi connectivity index (χ1v) is 9.95. The van der Waals surface area contributed by atoms with Gasteiger partial charge in [0.15, 0.2) is 0 Å². The minimum absolute atomic E-state index is 0.155. The van der Waals surface area contributed by atoms with E-state index in [2.05, 4.69) is 5.32 Å². The summed E-state index contributed by atoms with van der Waals surface area (Å²) < 4.78 is 0. The van der Waals surface area contributed by atoms with Crippen molar-refractivity contribution in [2.45, 2.75) is 43.8 Å². The molecular weight excluding hydrogens is 302 g/mol. The maximum Gasteiger partial charge on any atom is 0.220 e. The molecule has 5 heteroatoms. The molecule has 1 aromatic rings. The molecule has 1 aliphatic rings. The van der Waals surface area contributed by atoms with Crippen molar-refractivity contribution in [3.05, 3.63) is 29.8 Å². The molecule has 0 saturated carbocycles. The molecule has 1 heterocycles. The Bertz CT molecular complexity index is 430. The summed E-state index contributed by atoms with van der Waals surface area (Å²) in [5.74, 6) is 1.72. The van der Waals surface area contributed by atoms with Crippen LogP contribution in [0.25, 0.3) is 0 Å². The van der Waals surface area contributed by atoms with E-state index in [1.54, 1.807) is 12.1 Å². The van der Waals surface area contributed by atoms with E-state index in [9.17, 15) is 9.90 Å². The van der Waals surface area contributed by atoms with E-state index in [4.69, 9.17) is 0 Å². The first kappa shape index (κ1) is 16.6. The molecule has 0 unspecified atom stereocenters. The van der Waals surface area contributed by atoms with Crippen molar-refractivity contribution in [3.8, 4) is 5.75 Å². The molecule has 1 amide bonds. The maximum absolute atomic E-state index is 11.7. The van der Waals surface area contributed by atoms with Crippen molar-refractivity contribution in [2.75, 3.05) is 12.3 Å². The van der Waals surface area contributed by atoms with Crippen LogP contribution < -0.4 is 5.32 Å². The number of phenolic OH excluding ortho intramolecular Hbond substituents is 1. The number of rotatable bonds is 8. The number of aromatic hydroxyl groups is 1. The molecule has 0 aliphatic carbocycles. The Labute approximate surface area is 134 Å². The molecule has 2 rings (SSSR count). The molecule has 1 aromatic carbocycles. The van der Waals surface area contributed by atoms with E-state index >= 15 is 0 Å². The Morgan fingerprint density at radius 2 is 2.10 bits per heavy atom. The molecule has 2 N–H and O–H groups in total. The van der Waals surface area contributed by atoms with Crippen LogP contribution in [0.2, 0.25) is 0 Å². The number of hydrogen-bond donors (Lipinski definition) is 2. The summed E-state index contributed by atoms with van der Waals surface area (Å²) in [6, 6.07) is 7.13. The van der Waals surface area contributed by atoms with E-state index < -0.39 is 0 Å². The van der Waals surface area contributed by atoms with Crippen LogP contribution in [0.15, 0.2) is 24.3 Å². The number of phenols is 1. The standard InChI is InChI=1S/C16H23NO2S2/c18-14-7-5-13(6-8-14)9-11-17-16(19)4-2-1-3-15-10-12-20-21-15/h5-8,15,18H,1-4,9-12H2,(H,17,19)/t15-/m1/s1. The first-order valence-electron chi connectivity index (χ1n) is 7.57. The highest BCUT2D eigenvalue weighted by Gasteiger charge is 2.15. The SMILES string of the molecule is O=C(CCCC[C@@H]1CCSS1)NCCc1ccc(O)cc1. The normalized spacial score (nSPS) is 17.8. The molecule has 1 fully saturated rings. The average Bonchev–Trinajstić information content (AvgIpc) is 2.99. The largest absolute Gasteiger partial charge is 0.508 e. The number of hydrogen-bond acceptors (Lipinski definition) is 4. The van der Waals surface area contributed by atoms with Gasteiger partial charge in [-0.15, -0.1) is 0 Å². The van der Waals surface area contributed by atoms with Gasteiger partial charge in [0.05, 0.1) is 0 Å². The van der Waals surface area contributed by atoms with Crippen molar-refractivity contribution < 1.29 is 9.90 Å².